The number of carbonyl (C=O) groups excluding carboxylic acids is 2. The Labute approximate surface area is 111 Å². The van der Waals surface area contributed by atoms with Crippen LogP contribution in [-0.4, -0.2) is 78.2 Å². The number of halogens is 1. The third-order valence-corrected chi connectivity index (χ3v) is 3.13. The van der Waals surface area contributed by atoms with E-state index >= 15 is 0 Å². The van der Waals surface area contributed by atoms with Gasteiger partial charge in [-0.25, -0.2) is 0 Å². The Balaban J connectivity index is 2.40. The number of nitrogens with zero attached hydrogens (tertiary/aromatic N) is 3. The maximum atomic E-state index is 11.8. The number of rotatable bonds is 3. The second kappa shape index (κ2) is 6.35. The summed E-state index contributed by atoms with van der Waals surface area (Å²) < 4.78 is 0. The molecule has 0 spiro atoms. The second-order valence-electron chi connectivity index (χ2n) is 4.56. The van der Waals surface area contributed by atoms with Crippen molar-refractivity contribution in [1.82, 2.24) is 14.7 Å². The highest BCUT2D eigenvalue weighted by molar-refractivity contribution is 9.10. The average Bonchev–Trinajstić information content (AvgIpc) is 2.27. The fraction of sp³-hybridized carbons (Fsp3) is 0.818. The van der Waals surface area contributed by atoms with E-state index in [9.17, 15) is 9.59 Å². The molecular weight excluding hydrogens is 286 g/mol. The molecule has 1 aliphatic rings. The normalized spacial score (nSPS) is 18.4. The SMILES string of the molecule is CC(Br)C(=O)N1CCN(C(=O)CN(C)C)CC1. The first-order valence-electron chi connectivity index (χ1n) is 5.77. The van der Waals surface area contributed by atoms with E-state index < -0.39 is 0 Å². The second-order valence-corrected chi connectivity index (χ2v) is 5.93. The van der Waals surface area contributed by atoms with Crippen LogP contribution >= 0.6 is 15.9 Å². The minimum atomic E-state index is -0.147. The number of amides is 2. The summed E-state index contributed by atoms with van der Waals surface area (Å²) in [5.74, 6) is 0.235. The summed E-state index contributed by atoms with van der Waals surface area (Å²) in [5, 5.41) is 0. The van der Waals surface area contributed by atoms with Crippen LogP contribution in [0.1, 0.15) is 6.92 Å². The van der Waals surface area contributed by atoms with Crippen molar-refractivity contribution >= 4 is 27.7 Å². The van der Waals surface area contributed by atoms with Gasteiger partial charge in [0.2, 0.25) is 11.8 Å². The number of hydrogen-bond acceptors (Lipinski definition) is 3. The molecule has 1 fully saturated rings. The third kappa shape index (κ3) is 4.27. The van der Waals surface area contributed by atoms with Gasteiger partial charge in [0.05, 0.1) is 11.4 Å². The Bertz CT molecular complexity index is 286. The van der Waals surface area contributed by atoms with Crippen molar-refractivity contribution in [3.63, 3.8) is 0 Å². The highest BCUT2D eigenvalue weighted by atomic mass is 79.9. The summed E-state index contributed by atoms with van der Waals surface area (Å²) in [6, 6.07) is 0. The van der Waals surface area contributed by atoms with Crippen molar-refractivity contribution in [2.24, 2.45) is 0 Å². The fourth-order valence-electron chi connectivity index (χ4n) is 1.80. The topological polar surface area (TPSA) is 43.9 Å². The zero-order valence-electron chi connectivity index (χ0n) is 10.6. The molecule has 17 heavy (non-hydrogen) atoms. The van der Waals surface area contributed by atoms with Crippen LogP contribution in [0.5, 0.6) is 0 Å². The molecule has 0 aromatic rings. The van der Waals surface area contributed by atoms with E-state index in [1.165, 1.54) is 0 Å². The summed E-state index contributed by atoms with van der Waals surface area (Å²) in [5.41, 5.74) is 0. The van der Waals surface area contributed by atoms with Crippen LogP contribution in [0.25, 0.3) is 0 Å². The Hall–Kier alpha value is -0.620. The van der Waals surface area contributed by atoms with Crippen molar-refractivity contribution < 1.29 is 9.59 Å². The molecule has 0 radical (unpaired) electrons. The molecule has 1 saturated heterocycles. The van der Waals surface area contributed by atoms with Gasteiger partial charge in [-0.05, 0) is 21.0 Å². The molecule has 1 aliphatic heterocycles. The van der Waals surface area contributed by atoms with Gasteiger partial charge in [-0.15, -0.1) is 0 Å². The van der Waals surface area contributed by atoms with E-state index in [-0.39, 0.29) is 16.6 Å². The van der Waals surface area contributed by atoms with E-state index in [4.69, 9.17) is 0 Å². The Kier molecular flexibility index (Phi) is 5.39. The van der Waals surface area contributed by atoms with Gasteiger partial charge in [-0.3, -0.25) is 9.59 Å². The van der Waals surface area contributed by atoms with Crippen molar-refractivity contribution in [3.8, 4) is 0 Å². The van der Waals surface area contributed by atoms with Gasteiger partial charge in [0.15, 0.2) is 0 Å². The Morgan fingerprint density at radius 3 is 2.06 bits per heavy atom. The molecular formula is C11H20BrN3O2. The molecule has 98 valence electrons. The van der Waals surface area contributed by atoms with Crippen LogP contribution in [0, 0.1) is 0 Å². The lowest BCUT2D eigenvalue weighted by Crippen LogP contribution is -2.53. The molecule has 1 rings (SSSR count). The number of piperazine rings is 1. The van der Waals surface area contributed by atoms with Crippen LogP contribution in [0.4, 0.5) is 0 Å². The number of alkyl halides is 1. The molecule has 0 N–H and O–H groups in total. The first-order chi connectivity index (χ1) is 7.91. The number of likely N-dealkylation sites (N-methyl/N-ethyl adjacent to an activating group) is 1. The molecule has 0 aromatic carbocycles. The van der Waals surface area contributed by atoms with Gasteiger partial charge in [0.1, 0.15) is 0 Å². The van der Waals surface area contributed by atoms with Crippen LogP contribution in [0.2, 0.25) is 0 Å². The molecule has 1 heterocycles. The van der Waals surface area contributed by atoms with E-state index in [1.54, 1.807) is 4.90 Å². The van der Waals surface area contributed by atoms with Crippen LogP contribution in [0.15, 0.2) is 0 Å². The van der Waals surface area contributed by atoms with Gasteiger partial charge in [0.25, 0.3) is 0 Å². The van der Waals surface area contributed by atoms with E-state index in [2.05, 4.69) is 15.9 Å². The Morgan fingerprint density at radius 2 is 1.65 bits per heavy atom. The van der Waals surface area contributed by atoms with E-state index in [0.717, 1.165) is 0 Å². The molecule has 0 aromatic heterocycles. The first kappa shape index (κ1) is 14.4. The first-order valence-corrected chi connectivity index (χ1v) is 6.68. The van der Waals surface area contributed by atoms with Crippen molar-refractivity contribution in [1.29, 1.82) is 0 Å². The third-order valence-electron chi connectivity index (χ3n) is 2.74. The maximum Gasteiger partial charge on any atom is 0.236 e. The summed E-state index contributed by atoms with van der Waals surface area (Å²) in [6.07, 6.45) is 0. The Morgan fingerprint density at radius 1 is 1.18 bits per heavy atom. The summed E-state index contributed by atoms with van der Waals surface area (Å²) in [6.45, 7) is 4.80. The van der Waals surface area contributed by atoms with Gasteiger partial charge in [-0.2, -0.15) is 0 Å². The molecule has 0 saturated carbocycles. The predicted octanol–water partition coefficient (Wildman–Crippen LogP) is 0.00220. The van der Waals surface area contributed by atoms with E-state index in [0.29, 0.717) is 32.7 Å². The standard InChI is InChI=1S/C11H20BrN3O2/c1-9(12)11(17)15-6-4-14(5-7-15)10(16)8-13(2)3/h9H,4-8H2,1-3H3. The summed E-state index contributed by atoms with van der Waals surface area (Å²) in [7, 11) is 3.76. The molecule has 0 bridgehead atoms. The lowest BCUT2D eigenvalue weighted by molar-refractivity contribution is -0.139. The lowest BCUT2D eigenvalue weighted by Gasteiger charge is -2.35. The number of carbonyl (C=O) groups is 2. The van der Waals surface area contributed by atoms with Crippen LogP contribution in [-0.2, 0) is 9.59 Å². The molecule has 5 nitrogen and oxygen atoms in total. The quantitative estimate of drug-likeness (QED) is 0.690. The number of hydrogen-bond donors (Lipinski definition) is 0. The maximum absolute atomic E-state index is 11.8. The fourth-order valence-corrected chi connectivity index (χ4v) is 2.09. The summed E-state index contributed by atoms with van der Waals surface area (Å²) >= 11 is 3.27. The highest BCUT2D eigenvalue weighted by Crippen LogP contribution is 2.08. The predicted molar refractivity (Wildman–Crippen MR) is 70.1 cm³/mol. The summed E-state index contributed by atoms with van der Waals surface area (Å²) in [4.78, 5) is 28.9. The van der Waals surface area contributed by atoms with Crippen molar-refractivity contribution in [3.05, 3.63) is 0 Å². The lowest BCUT2D eigenvalue weighted by atomic mass is 10.3. The average molecular weight is 306 g/mol. The van der Waals surface area contributed by atoms with Gasteiger partial charge in [0, 0.05) is 26.2 Å². The van der Waals surface area contributed by atoms with Gasteiger partial charge >= 0.3 is 0 Å². The van der Waals surface area contributed by atoms with Crippen molar-refractivity contribution in [2.45, 2.75) is 11.8 Å². The molecule has 6 heteroatoms. The van der Waals surface area contributed by atoms with Gasteiger partial charge in [-0.1, -0.05) is 15.9 Å². The minimum absolute atomic E-state index is 0.102. The largest absolute Gasteiger partial charge is 0.338 e. The van der Waals surface area contributed by atoms with Gasteiger partial charge < -0.3 is 14.7 Å². The van der Waals surface area contributed by atoms with Crippen LogP contribution < -0.4 is 0 Å². The minimum Gasteiger partial charge on any atom is -0.338 e. The monoisotopic (exact) mass is 305 g/mol. The van der Waals surface area contributed by atoms with Crippen molar-refractivity contribution in [2.75, 3.05) is 46.8 Å². The molecule has 2 amide bonds. The highest BCUT2D eigenvalue weighted by Gasteiger charge is 2.25. The molecule has 1 atom stereocenters. The molecule has 1 unspecified atom stereocenters. The van der Waals surface area contributed by atoms with Crippen LogP contribution in [0.3, 0.4) is 0 Å². The molecule has 0 aliphatic carbocycles. The smallest absolute Gasteiger partial charge is 0.236 e. The zero-order valence-corrected chi connectivity index (χ0v) is 12.2. The van der Waals surface area contributed by atoms with E-state index in [1.807, 2.05) is 30.8 Å². The zero-order chi connectivity index (χ0) is 13.0.